The average molecular weight is 283 g/mol. The third-order valence-electron chi connectivity index (χ3n) is 2.86. The Balaban J connectivity index is 2.13. The first kappa shape index (κ1) is 14.7. The molecule has 2 aromatic carbocycles. The largest absolute Gasteiger partial charge is 0.489 e. The zero-order chi connectivity index (χ0) is 15.1. The van der Waals surface area contributed by atoms with Crippen molar-refractivity contribution in [2.45, 2.75) is 6.61 Å². The van der Waals surface area contributed by atoms with Crippen molar-refractivity contribution in [3.8, 4) is 11.5 Å². The van der Waals surface area contributed by atoms with Crippen molar-refractivity contribution in [3.05, 3.63) is 72.3 Å². The van der Waals surface area contributed by atoms with E-state index < -0.39 is 5.91 Å². The second kappa shape index (κ2) is 7.14. The van der Waals surface area contributed by atoms with Crippen molar-refractivity contribution in [2.24, 2.45) is 5.73 Å². The molecule has 0 unspecified atom stereocenters. The molecule has 2 N–H and O–H groups in total. The van der Waals surface area contributed by atoms with E-state index in [1.54, 1.807) is 30.3 Å². The number of nitrogens with two attached hydrogens (primary N) is 1. The monoisotopic (exact) mass is 283 g/mol. The van der Waals surface area contributed by atoms with Gasteiger partial charge in [0.25, 0.3) is 5.91 Å². The lowest BCUT2D eigenvalue weighted by molar-refractivity contribution is 0.0996. The predicted octanol–water partition coefficient (Wildman–Crippen LogP) is 2.93. The second-order valence-corrected chi connectivity index (χ2v) is 4.36. The van der Waals surface area contributed by atoms with E-state index in [0.29, 0.717) is 17.9 Å². The van der Waals surface area contributed by atoms with E-state index in [0.717, 1.165) is 11.3 Å². The van der Waals surface area contributed by atoms with Crippen LogP contribution < -0.4 is 15.2 Å². The zero-order valence-corrected chi connectivity index (χ0v) is 11.6. The van der Waals surface area contributed by atoms with E-state index in [1.807, 2.05) is 24.3 Å². The molecule has 0 fully saturated rings. The van der Waals surface area contributed by atoms with Gasteiger partial charge in [-0.15, -0.1) is 0 Å². The number of carbonyl (C=O) groups is 1. The summed E-state index contributed by atoms with van der Waals surface area (Å²) in [6.45, 7) is 4.34. The molecule has 0 aliphatic carbocycles. The van der Waals surface area contributed by atoms with Crippen LogP contribution in [0.4, 0.5) is 0 Å². The van der Waals surface area contributed by atoms with Crippen molar-refractivity contribution < 1.29 is 14.3 Å². The minimum absolute atomic E-state index is 0.289. The van der Waals surface area contributed by atoms with Crippen LogP contribution >= 0.6 is 0 Å². The van der Waals surface area contributed by atoms with E-state index in [9.17, 15) is 4.79 Å². The fraction of sp³-hybridized carbons (Fsp3) is 0.118. The van der Waals surface area contributed by atoms with Crippen molar-refractivity contribution >= 4 is 5.91 Å². The normalized spacial score (nSPS) is 9.90. The SMILES string of the molecule is C=CCOc1ccccc1COc1ccccc1C(N)=O. The summed E-state index contributed by atoms with van der Waals surface area (Å²) in [5, 5.41) is 0. The van der Waals surface area contributed by atoms with Crippen LogP contribution in [-0.2, 0) is 6.61 Å². The van der Waals surface area contributed by atoms with Crippen molar-refractivity contribution in [1.82, 2.24) is 0 Å². The number of benzene rings is 2. The molecule has 0 atom stereocenters. The Morgan fingerprint density at radius 1 is 1.05 bits per heavy atom. The Morgan fingerprint density at radius 3 is 2.43 bits per heavy atom. The van der Waals surface area contributed by atoms with Gasteiger partial charge in [0.15, 0.2) is 0 Å². The Labute approximate surface area is 123 Å². The van der Waals surface area contributed by atoms with Gasteiger partial charge in [-0.3, -0.25) is 4.79 Å². The molecule has 2 aromatic rings. The summed E-state index contributed by atoms with van der Waals surface area (Å²) in [5.41, 5.74) is 6.58. The van der Waals surface area contributed by atoms with Gasteiger partial charge in [-0.1, -0.05) is 43.0 Å². The number of hydrogen-bond acceptors (Lipinski definition) is 3. The lowest BCUT2D eigenvalue weighted by Crippen LogP contribution is -2.13. The first-order valence-electron chi connectivity index (χ1n) is 6.55. The van der Waals surface area contributed by atoms with Gasteiger partial charge in [0.1, 0.15) is 24.7 Å². The van der Waals surface area contributed by atoms with Crippen LogP contribution in [0.1, 0.15) is 15.9 Å². The van der Waals surface area contributed by atoms with E-state index in [1.165, 1.54) is 0 Å². The first-order valence-corrected chi connectivity index (χ1v) is 6.55. The van der Waals surface area contributed by atoms with Gasteiger partial charge in [-0.05, 0) is 18.2 Å². The van der Waals surface area contributed by atoms with Gasteiger partial charge in [-0.2, -0.15) is 0 Å². The van der Waals surface area contributed by atoms with E-state index in [4.69, 9.17) is 15.2 Å². The summed E-state index contributed by atoms with van der Waals surface area (Å²) in [6, 6.07) is 14.5. The summed E-state index contributed by atoms with van der Waals surface area (Å²) in [5.74, 6) is 0.680. The van der Waals surface area contributed by atoms with Gasteiger partial charge < -0.3 is 15.2 Å². The summed E-state index contributed by atoms with van der Waals surface area (Å²) in [7, 11) is 0. The Morgan fingerprint density at radius 2 is 1.71 bits per heavy atom. The minimum atomic E-state index is -0.512. The Kier molecular flexibility index (Phi) is 4.99. The molecule has 1 amide bonds. The highest BCUT2D eigenvalue weighted by Gasteiger charge is 2.09. The molecule has 0 aliphatic heterocycles. The predicted molar refractivity (Wildman–Crippen MR) is 81.4 cm³/mol. The number of hydrogen-bond donors (Lipinski definition) is 1. The van der Waals surface area contributed by atoms with E-state index in [-0.39, 0.29) is 6.61 Å². The van der Waals surface area contributed by atoms with Crippen molar-refractivity contribution in [2.75, 3.05) is 6.61 Å². The number of carbonyl (C=O) groups excluding carboxylic acids is 1. The maximum absolute atomic E-state index is 11.3. The Hall–Kier alpha value is -2.75. The number of primary amides is 1. The van der Waals surface area contributed by atoms with Gasteiger partial charge in [-0.25, -0.2) is 0 Å². The lowest BCUT2D eigenvalue weighted by Gasteiger charge is -2.12. The third-order valence-corrected chi connectivity index (χ3v) is 2.86. The molecule has 4 heteroatoms. The summed E-state index contributed by atoms with van der Waals surface area (Å²) >= 11 is 0. The number of para-hydroxylation sites is 2. The van der Waals surface area contributed by atoms with Crippen LogP contribution in [-0.4, -0.2) is 12.5 Å². The van der Waals surface area contributed by atoms with Crippen molar-refractivity contribution in [3.63, 3.8) is 0 Å². The summed E-state index contributed by atoms with van der Waals surface area (Å²) < 4.78 is 11.3. The van der Waals surface area contributed by atoms with Crippen LogP contribution in [0.15, 0.2) is 61.2 Å². The summed E-state index contributed by atoms with van der Waals surface area (Å²) in [4.78, 5) is 11.3. The number of ether oxygens (including phenoxy) is 2. The molecule has 2 rings (SSSR count). The smallest absolute Gasteiger partial charge is 0.252 e. The Bertz CT molecular complexity index is 637. The van der Waals surface area contributed by atoms with E-state index >= 15 is 0 Å². The molecule has 0 bridgehead atoms. The van der Waals surface area contributed by atoms with E-state index in [2.05, 4.69) is 6.58 Å². The highest BCUT2D eigenvalue weighted by Crippen LogP contribution is 2.23. The van der Waals surface area contributed by atoms with Crippen LogP contribution in [0.25, 0.3) is 0 Å². The first-order chi connectivity index (χ1) is 10.2. The number of rotatable bonds is 7. The fourth-order valence-electron chi connectivity index (χ4n) is 1.86. The quantitative estimate of drug-likeness (QED) is 0.795. The van der Waals surface area contributed by atoms with Gasteiger partial charge in [0.2, 0.25) is 0 Å². The lowest BCUT2D eigenvalue weighted by atomic mass is 10.2. The summed E-state index contributed by atoms with van der Waals surface area (Å²) in [6.07, 6.45) is 1.68. The fourth-order valence-corrected chi connectivity index (χ4v) is 1.86. The van der Waals surface area contributed by atoms with Crippen LogP contribution in [0.5, 0.6) is 11.5 Å². The second-order valence-electron chi connectivity index (χ2n) is 4.36. The third kappa shape index (κ3) is 3.86. The molecule has 0 radical (unpaired) electrons. The molecular formula is C17H17NO3. The molecule has 0 saturated heterocycles. The molecule has 0 saturated carbocycles. The topological polar surface area (TPSA) is 61.6 Å². The molecule has 0 spiro atoms. The molecular weight excluding hydrogens is 266 g/mol. The van der Waals surface area contributed by atoms with Gasteiger partial charge >= 0.3 is 0 Å². The molecule has 108 valence electrons. The average Bonchev–Trinajstić information content (AvgIpc) is 2.52. The van der Waals surface area contributed by atoms with Crippen LogP contribution in [0.2, 0.25) is 0 Å². The van der Waals surface area contributed by atoms with Crippen LogP contribution in [0, 0.1) is 0 Å². The highest BCUT2D eigenvalue weighted by molar-refractivity contribution is 5.95. The maximum atomic E-state index is 11.3. The highest BCUT2D eigenvalue weighted by atomic mass is 16.5. The zero-order valence-electron chi connectivity index (χ0n) is 11.6. The molecule has 0 aromatic heterocycles. The molecule has 21 heavy (non-hydrogen) atoms. The molecule has 4 nitrogen and oxygen atoms in total. The molecule has 0 aliphatic rings. The maximum Gasteiger partial charge on any atom is 0.252 e. The van der Waals surface area contributed by atoms with Crippen LogP contribution in [0.3, 0.4) is 0 Å². The molecule has 0 heterocycles. The van der Waals surface area contributed by atoms with Gasteiger partial charge in [0.05, 0.1) is 5.56 Å². The number of amides is 1. The van der Waals surface area contributed by atoms with Crippen molar-refractivity contribution in [1.29, 1.82) is 0 Å². The minimum Gasteiger partial charge on any atom is -0.489 e. The van der Waals surface area contributed by atoms with Gasteiger partial charge in [0, 0.05) is 5.56 Å². The standard InChI is InChI=1S/C17H17NO3/c1-2-11-20-15-9-5-3-7-13(15)12-21-16-10-6-4-8-14(16)17(18)19/h2-10H,1,11-12H2,(H2,18,19).